The molecule has 3 atom stereocenters. The second-order valence-corrected chi connectivity index (χ2v) is 5.46. The Morgan fingerprint density at radius 2 is 2.00 bits per heavy atom. The molecule has 1 aromatic rings. The first kappa shape index (κ1) is 12.8. The van der Waals surface area contributed by atoms with E-state index in [2.05, 4.69) is 18.3 Å². The number of fused-ring (bicyclic) bond motifs is 1. The van der Waals surface area contributed by atoms with Crippen molar-refractivity contribution >= 4 is 0 Å². The normalized spacial score (nSPS) is 27.3. The predicted molar refractivity (Wildman–Crippen MR) is 72.4 cm³/mol. The molecule has 19 heavy (non-hydrogen) atoms. The highest BCUT2D eigenvalue weighted by Crippen LogP contribution is 2.34. The van der Waals surface area contributed by atoms with E-state index >= 15 is 0 Å². The molecule has 3 rings (SSSR count). The van der Waals surface area contributed by atoms with Gasteiger partial charge in [0.1, 0.15) is 0 Å². The quantitative estimate of drug-likeness (QED) is 0.879. The van der Waals surface area contributed by atoms with Gasteiger partial charge in [0.05, 0.1) is 6.10 Å². The van der Waals surface area contributed by atoms with E-state index in [1.54, 1.807) is 0 Å². The zero-order chi connectivity index (χ0) is 13.2. The van der Waals surface area contributed by atoms with Crippen molar-refractivity contribution in [3.8, 4) is 11.5 Å². The maximum absolute atomic E-state index is 10.0. The molecule has 1 aliphatic carbocycles. The highest BCUT2D eigenvalue weighted by atomic mass is 16.7. The predicted octanol–water partition coefficient (Wildman–Crippen LogP) is 2.37. The van der Waals surface area contributed by atoms with Crippen LogP contribution in [0.5, 0.6) is 11.5 Å². The van der Waals surface area contributed by atoms with E-state index in [1.165, 1.54) is 12.0 Å². The minimum atomic E-state index is -0.217. The van der Waals surface area contributed by atoms with Gasteiger partial charge < -0.3 is 19.9 Å². The van der Waals surface area contributed by atoms with Gasteiger partial charge in [-0.2, -0.15) is 0 Å². The van der Waals surface area contributed by atoms with E-state index in [0.717, 1.165) is 30.8 Å². The minimum absolute atomic E-state index is 0.201. The van der Waals surface area contributed by atoms with Gasteiger partial charge in [-0.25, -0.2) is 0 Å². The minimum Gasteiger partial charge on any atom is -0.454 e. The van der Waals surface area contributed by atoms with Crippen molar-refractivity contribution in [1.29, 1.82) is 0 Å². The number of nitrogens with one attached hydrogen (secondary N) is 1. The lowest BCUT2D eigenvalue weighted by Gasteiger charge is -2.31. The van der Waals surface area contributed by atoms with Gasteiger partial charge in [0.2, 0.25) is 6.79 Å². The molecule has 1 aliphatic heterocycles. The summed E-state index contributed by atoms with van der Waals surface area (Å²) in [7, 11) is 0. The Morgan fingerprint density at radius 1 is 1.21 bits per heavy atom. The summed E-state index contributed by atoms with van der Waals surface area (Å²) < 4.78 is 10.7. The zero-order valence-corrected chi connectivity index (χ0v) is 11.3. The van der Waals surface area contributed by atoms with Crippen molar-refractivity contribution in [2.24, 2.45) is 0 Å². The Balaban J connectivity index is 1.68. The van der Waals surface area contributed by atoms with Crippen LogP contribution in [0.1, 0.15) is 44.2 Å². The molecule has 2 N–H and O–H groups in total. The lowest BCUT2D eigenvalue weighted by atomic mass is 9.91. The highest BCUT2D eigenvalue weighted by Gasteiger charge is 2.25. The van der Waals surface area contributed by atoms with Crippen molar-refractivity contribution in [1.82, 2.24) is 5.32 Å². The van der Waals surface area contributed by atoms with Crippen molar-refractivity contribution in [2.45, 2.75) is 50.8 Å². The molecular formula is C15H21NO3. The number of hydrogen-bond donors (Lipinski definition) is 2. The first-order valence-corrected chi connectivity index (χ1v) is 7.08. The van der Waals surface area contributed by atoms with E-state index in [0.29, 0.717) is 6.79 Å². The SMILES string of the molecule is CC(NC1CCCCC1O)c1ccc2c(c1)OCO2. The summed E-state index contributed by atoms with van der Waals surface area (Å²) in [4.78, 5) is 0. The Bertz CT molecular complexity index is 449. The molecule has 1 aromatic carbocycles. The molecule has 3 unspecified atom stereocenters. The van der Waals surface area contributed by atoms with Crippen LogP contribution in [-0.4, -0.2) is 24.0 Å². The van der Waals surface area contributed by atoms with Crippen LogP contribution in [0.4, 0.5) is 0 Å². The summed E-state index contributed by atoms with van der Waals surface area (Å²) in [5.74, 6) is 1.63. The molecule has 0 radical (unpaired) electrons. The van der Waals surface area contributed by atoms with E-state index in [9.17, 15) is 5.11 Å². The summed E-state index contributed by atoms with van der Waals surface area (Å²) in [5, 5.41) is 13.5. The van der Waals surface area contributed by atoms with Gasteiger partial charge in [0.25, 0.3) is 0 Å². The largest absolute Gasteiger partial charge is 0.454 e. The van der Waals surface area contributed by atoms with Gasteiger partial charge in [-0.1, -0.05) is 18.9 Å². The van der Waals surface area contributed by atoms with Crippen molar-refractivity contribution in [3.05, 3.63) is 23.8 Å². The molecule has 0 aromatic heterocycles. The van der Waals surface area contributed by atoms with Crippen molar-refractivity contribution < 1.29 is 14.6 Å². The molecule has 0 saturated heterocycles. The topological polar surface area (TPSA) is 50.7 Å². The van der Waals surface area contributed by atoms with Crippen LogP contribution in [0.3, 0.4) is 0 Å². The zero-order valence-electron chi connectivity index (χ0n) is 11.3. The molecule has 4 heteroatoms. The number of hydrogen-bond acceptors (Lipinski definition) is 4. The van der Waals surface area contributed by atoms with Gasteiger partial charge in [-0.05, 0) is 37.5 Å². The van der Waals surface area contributed by atoms with Gasteiger partial charge in [0.15, 0.2) is 11.5 Å². The lowest BCUT2D eigenvalue weighted by Crippen LogP contribution is -2.43. The smallest absolute Gasteiger partial charge is 0.231 e. The van der Waals surface area contributed by atoms with Crippen LogP contribution in [0.25, 0.3) is 0 Å². The summed E-state index contributed by atoms with van der Waals surface area (Å²) in [6.07, 6.45) is 4.08. The maximum atomic E-state index is 10.0. The van der Waals surface area contributed by atoms with Gasteiger partial charge in [-0.15, -0.1) is 0 Å². The molecule has 0 bridgehead atoms. The Hall–Kier alpha value is -1.26. The average Bonchev–Trinajstić information content (AvgIpc) is 2.88. The number of aliphatic hydroxyl groups is 1. The first-order chi connectivity index (χ1) is 9.24. The number of rotatable bonds is 3. The van der Waals surface area contributed by atoms with Gasteiger partial charge >= 0.3 is 0 Å². The fraction of sp³-hybridized carbons (Fsp3) is 0.600. The molecule has 104 valence electrons. The molecule has 4 nitrogen and oxygen atoms in total. The maximum Gasteiger partial charge on any atom is 0.231 e. The van der Waals surface area contributed by atoms with Gasteiger partial charge in [-0.3, -0.25) is 0 Å². The second-order valence-electron chi connectivity index (χ2n) is 5.46. The number of benzene rings is 1. The molecular weight excluding hydrogens is 242 g/mol. The highest BCUT2D eigenvalue weighted by molar-refractivity contribution is 5.45. The molecule has 0 spiro atoms. The van der Waals surface area contributed by atoms with Gasteiger partial charge in [0, 0.05) is 12.1 Å². The standard InChI is InChI=1S/C15H21NO3/c1-10(16-12-4-2-3-5-13(12)17)11-6-7-14-15(8-11)19-9-18-14/h6-8,10,12-13,16-17H,2-5,9H2,1H3. The molecule has 0 amide bonds. The summed E-state index contributed by atoms with van der Waals surface area (Å²) in [6.45, 7) is 2.43. The van der Waals surface area contributed by atoms with E-state index < -0.39 is 0 Å². The van der Waals surface area contributed by atoms with Crippen LogP contribution >= 0.6 is 0 Å². The Labute approximate surface area is 113 Å². The third-order valence-electron chi connectivity index (χ3n) is 4.09. The van der Waals surface area contributed by atoms with Crippen LogP contribution in [0.2, 0.25) is 0 Å². The van der Waals surface area contributed by atoms with Crippen LogP contribution in [0, 0.1) is 0 Å². The lowest BCUT2D eigenvalue weighted by molar-refractivity contribution is 0.0859. The molecule has 1 fully saturated rings. The third-order valence-corrected chi connectivity index (χ3v) is 4.09. The van der Waals surface area contributed by atoms with E-state index in [1.807, 2.05) is 12.1 Å². The van der Waals surface area contributed by atoms with Crippen molar-refractivity contribution in [2.75, 3.05) is 6.79 Å². The van der Waals surface area contributed by atoms with E-state index in [4.69, 9.17) is 9.47 Å². The third kappa shape index (κ3) is 2.69. The van der Waals surface area contributed by atoms with Crippen LogP contribution in [-0.2, 0) is 0 Å². The summed E-state index contributed by atoms with van der Waals surface area (Å²) in [5.41, 5.74) is 1.17. The monoisotopic (exact) mass is 263 g/mol. The number of ether oxygens (including phenoxy) is 2. The molecule has 1 heterocycles. The van der Waals surface area contributed by atoms with Crippen LogP contribution < -0.4 is 14.8 Å². The van der Waals surface area contributed by atoms with E-state index in [-0.39, 0.29) is 18.2 Å². The fourth-order valence-corrected chi connectivity index (χ4v) is 2.91. The number of aliphatic hydroxyl groups excluding tert-OH is 1. The second kappa shape index (κ2) is 5.39. The summed E-state index contributed by atoms with van der Waals surface area (Å²) >= 11 is 0. The first-order valence-electron chi connectivity index (χ1n) is 7.08. The van der Waals surface area contributed by atoms with Crippen LogP contribution in [0.15, 0.2) is 18.2 Å². The summed E-state index contributed by atoms with van der Waals surface area (Å²) in [6, 6.07) is 6.43. The fourth-order valence-electron chi connectivity index (χ4n) is 2.91. The average molecular weight is 263 g/mol. The van der Waals surface area contributed by atoms with Crippen molar-refractivity contribution in [3.63, 3.8) is 0 Å². The Morgan fingerprint density at radius 3 is 2.84 bits per heavy atom. The molecule has 2 aliphatic rings. The Kier molecular flexibility index (Phi) is 3.62. The molecule has 1 saturated carbocycles.